The molecule has 0 bridgehead atoms. The topological polar surface area (TPSA) is 90.0 Å². The number of thiazole rings is 1. The molecule has 3 aromatic rings. The van der Waals surface area contributed by atoms with E-state index in [0.29, 0.717) is 17.1 Å². The number of hydrogen-bond donors (Lipinski definition) is 1. The quantitative estimate of drug-likeness (QED) is 0.772. The minimum absolute atomic E-state index is 0.0727. The van der Waals surface area contributed by atoms with Crippen LogP contribution in [0.4, 0.5) is 0 Å². The van der Waals surface area contributed by atoms with Crippen molar-refractivity contribution in [3.63, 3.8) is 0 Å². The second kappa shape index (κ2) is 5.57. The maximum Gasteiger partial charge on any atom is 0.331 e. The lowest BCUT2D eigenvalue weighted by atomic mass is 10.3. The molecule has 0 unspecified atom stereocenters. The van der Waals surface area contributed by atoms with Gasteiger partial charge in [-0.1, -0.05) is 0 Å². The molecule has 0 aromatic carbocycles. The van der Waals surface area contributed by atoms with Gasteiger partial charge in [0.05, 0.1) is 12.7 Å². The average molecular weight is 316 g/mol. The van der Waals surface area contributed by atoms with Crippen LogP contribution in [0, 0.1) is 0 Å². The van der Waals surface area contributed by atoms with Crippen molar-refractivity contribution in [2.24, 2.45) is 7.05 Å². The zero-order valence-corrected chi connectivity index (χ0v) is 12.4. The molecule has 0 spiro atoms. The molecule has 3 aromatic heterocycles. The van der Waals surface area contributed by atoms with E-state index in [0.717, 1.165) is 9.44 Å². The summed E-state index contributed by atoms with van der Waals surface area (Å²) in [6, 6.07) is 2.93. The van der Waals surface area contributed by atoms with Gasteiger partial charge >= 0.3 is 5.69 Å². The molecule has 0 radical (unpaired) electrons. The molecule has 3 heterocycles. The average Bonchev–Trinajstić information content (AvgIpc) is 2.97. The molecule has 0 saturated heterocycles. The summed E-state index contributed by atoms with van der Waals surface area (Å²) in [6.07, 6.45) is 6.10. The van der Waals surface area contributed by atoms with E-state index in [4.69, 9.17) is 0 Å². The number of aromatic nitrogens is 4. The Hall–Kier alpha value is -2.74. The Labute approximate surface area is 128 Å². The molecule has 0 amide bonds. The van der Waals surface area contributed by atoms with Gasteiger partial charge in [-0.25, -0.2) is 9.78 Å². The summed E-state index contributed by atoms with van der Waals surface area (Å²) in [5, 5.41) is 10.2. The predicted molar refractivity (Wildman–Crippen MR) is 82.1 cm³/mol. The predicted octanol–water partition coefficient (Wildman–Crippen LogP) is 0.819. The maximum atomic E-state index is 12.0. The number of rotatable bonds is 3. The summed E-state index contributed by atoms with van der Waals surface area (Å²) in [6.45, 7) is 0.330. The van der Waals surface area contributed by atoms with Crippen LogP contribution in [-0.4, -0.2) is 24.2 Å². The van der Waals surface area contributed by atoms with E-state index < -0.39 is 0 Å². The number of nitrogens with zero attached hydrogens (tertiary/aromatic N) is 4. The Morgan fingerprint density at radius 1 is 1.27 bits per heavy atom. The second-order valence-corrected chi connectivity index (χ2v) is 5.80. The molecule has 112 valence electrons. The van der Waals surface area contributed by atoms with Crippen LogP contribution in [0.5, 0.6) is 5.75 Å². The smallest absolute Gasteiger partial charge is 0.331 e. The van der Waals surface area contributed by atoms with Crippen molar-refractivity contribution in [2.45, 2.75) is 6.54 Å². The van der Waals surface area contributed by atoms with Crippen molar-refractivity contribution >= 4 is 11.3 Å². The fourth-order valence-corrected chi connectivity index (χ4v) is 2.86. The highest BCUT2D eigenvalue weighted by molar-refractivity contribution is 7.15. The van der Waals surface area contributed by atoms with Crippen LogP contribution < -0.4 is 11.2 Å². The van der Waals surface area contributed by atoms with E-state index in [-0.39, 0.29) is 17.0 Å². The first-order valence-corrected chi connectivity index (χ1v) is 7.22. The number of aromatic hydroxyl groups is 1. The molecule has 1 N–H and O–H groups in total. The van der Waals surface area contributed by atoms with E-state index in [9.17, 15) is 14.7 Å². The molecule has 0 fully saturated rings. The summed E-state index contributed by atoms with van der Waals surface area (Å²) < 4.78 is 2.50. The minimum Gasteiger partial charge on any atom is -0.506 e. The van der Waals surface area contributed by atoms with Crippen LogP contribution in [0.15, 0.2) is 46.5 Å². The molecule has 7 nitrogen and oxygen atoms in total. The van der Waals surface area contributed by atoms with Gasteiger partial charge in [0.2, 0.25) is 0 Å². The van der Waals surface area contributed by atoms with E-state index in [1.807, 2.05) is 0 Å². The van der Waals surface area contributed by atoms with Gasteiger partial charge in [0.1, 0.15) is 10.8 Å². The molecule has 0 saturated carbocycles. The van der Waals surface area contributed by atoms with E-state index in [2.05, 4.69) is 9.97 Å². The zero-order chi connectivity index (χ0) is 15.7. The van der Waals surface area contributed by atoms with Crippen LogP contribution in [0.3, 0.4) is 0 Å². The molecule has 0 aliphatic heterocycles. The summed E-state index contributed by atoms with van der Waals surface area (Å²) in [4.78, 5) is 32.4. The van der Waals surface area contributed by atoms with Crippen molar-refractivity contribution < 1.29 is 5.11 Å². The lowest BCUT2D eigenvalue weighted by Crippen LogP contribution is -2.36. The molecule has 3 rings (SSSR count). The molecule has 0 atom stereocenters. The Morgan fingerprint density at radius 3 is 2.86 bits per heavy atom. The van der Waals surface area contributed by atoms with E-state index in [1.165, 1.54) is 41.4 Å². The van der Waals surface area contributed by atoms with Gasteiger partial charge in [-0.15, -0.1) is 11.3 Å². The Morgan fingerprint density at radius 2 is 2.09 bits per heavy atom. The van der Waals surface area contributed by atoms with Gasteiger partial charge < -0.3 is 5.11 Å². The first-order chi connectivity index (χ1) is 10.5. The molecule has 0 aliphatic rings. The van der Waals surface area contributed by atoms with Crippen LogP contribution in [0.1, 0.15) is 4.88 Å². The largest absolute Gasteiger partial charge is 0.506 e. The fraction of sp³-hybridized carbons (Fsp3) is 0.143. The van der Waals surface area contributed by atoms with Crippen molar-refractivity contribution in [3.05, 3.63) is 62.6 Å². The first kappa shape index (κ1) is 14.2. The summed E-state index contributed by atoms with van der Waals surface area (Å²) in [5.74, 6) is 0.0727. The minimum atomic E-state index is -0.374. The third kappa shape index (κ3) is 2.68. The van der Waals surface area contributed by atoms with Crippen LogP contribution >= 0.6 is 11.3 Å². The first-order valence-electron chi connectivity index (χ1n) is 6.40. The van der Waals surface area contributed by atoms with Crippen LogP contribution in [-0.2, 0) is 13.6 Å². The van der Waals surface area contributed by atoms with Gasteiger partial charge in [-0.3, -0.25) is 18.9 Å². The van der Waals surface area contributed by atoms with Gasteiger partial charge in [-0.2, -0.15) is 0 Å². The van der Waals surface area contributed by atoms with E-state index in [1.54, 1.807) is 18.5 Å². The monoisotopic (exact) mass is 316 g/mol. The van der Waals surface area contributed by atoms with Crippen molar-refractivity contribution in [2.75, 3.05) is 0 Å². The van der Waals surface area contributed by atoms with Crippen molar-refractivity contribution in [1.29, 1.82) is 0 Å². The third-order valence-electron chi connectivity index (χ3n) is 3.11. The Kier molecular flexibility index (Phi) is 3.60. The van der Waals surface area contributed by atoms with Crippen molar-refractivity contribution in [1.82, 2.24) is 19.1 Å². The van der Waals surface area contributed by atoms with E-state index >= 15 is 0 Å². The second-order valence-electron chi connectivity index (χ2n) is 4.69. The molecule has 22 heavy (non-hydrogen) atoms. The highest BCUT2D eigenvalue weighted by Gasteiger charge is 2.08. The lowest BCUT2D eigenvalue weighted by Gasteiger charge is -2.04. The highest BCUT2D eigenvalue weighted by atomic mass is 32.1. The molecular formula is C14H12N4O3S. The Balaban J connectivity index is 1.91. The third-order valence-corrected chi connectivity index (χ3v) is 4.14. The maximum absolute atomic E-state index is 12.0. The molecule has 8 heteroatoms. The number of hydrogen-bond acceptors (Lipinski definition) is 6. The SMILES string of the molecule is Cn1c(=O)ccn(Cc2cnc(-c3cncc(O)c3)s2)c1=O. The highest BCUT2D eigenvalue weighted by Crippen LogP contribution is 2.26. The summed E-state index contributed by atoms with van der Waals surface area (Å²) in [5.41, 5.74) is 0.00242. The van der Waals surface area contributed by atoms with Crippen LogP contribution in [0.2, 0.25) is 0 Å². The standard InChI is InChI=1S/C14H12N4O3S/c1-17-12(20)2-3-18(14(17)21)8-11-7-16-13(22-11)9-4-10(19)6-15-5-9/h2-7,19H,8H2,1H3. The van der Waals surface area contributed by atoms with Gasteiger partial charge in [0.25, 0.3) is 5.56 Å². The molecular weight excluding hydrogens is 304 g/mol. The molecule has 0 aliphatic carbocycles. The van der Waals surface area contributed by atoms with Gasteiger partial charge in [0, 0.05) is 42.1 Å². The summed E-state index contributed by atoms with van der Waals surface area (Å²) >= 11 is 1.40. The summed E-state index contributed by atoms with van der Waals surface area (Å²) in [7, 11) is 1.44. The van der Waals surface area contributed by atoms with Gasteiger partial charge in [-0.05, 0) is 6.07 Å². The lowest BCUT2D eigenvalue weighted by molar-refractivity contribution is 0.473. The van der Waals surface area contributed by atoms with Crippen molar-refractivity contribution in [3.8, 4) is 16.3 Å². The zero-order valence-electron chi connectivity index (χ0n) is 11.6. The number of pyridine rings is 1. The van der Waals surface area contributed by atoms with Crippen LogP contribution in [0.25, 0.3) is 10.6 Å². The Bertz CT molecular complexity index is 942. The van der Waals surface area contributed by atoms with Gasteiger partial charge in [0.15, 0.2) is 0 Å². The fourth-order valence-electron chi connectivity index (χ4n) is 1.96. The normalized spacial score (nSPS) is 10.8.